The van der Waals surface area contributed by atoms with E-state index in [0.717, 1.165) is 24.9 Å². The quantitative estimate of drug-likeness (QED) is 0.834. The number of hydrogen-bond acceptors (Lipinski definition) is 4. The van der Waals surface area contributed by atoms with Gasteiger partial charge in [0.25, 0.3) is 5.91 Å². The summed E-state index contributed by atoms with van der Waals surface area (Å²) < 4.78 is 33.2. The molecule has 2 atom stereocenters. The fourth-order valence-electron chi connectivity index (χ4n) is 4.13. The molecule has 2 aromatic carbocycles. The van der Waals surface area contributed by atoms with Crippen LogP contribution < -0.4 is 5.32 Å². The molecule has 0 spiro atoms. The highest BCUT2D eigenvalue weighted by Crippen LogP contribution is 2.26. The fraction of sp³-hybridized carbons (Fsp3) is 0.409. The summed E-state index contributed by atoms with van der Waals surface area (Å²) in [7, 11) is -3.69. The Morgan fingerprint density at radius 2 is 1.76 bits per heavy atom. The first-order valence-corrected chi connectivity index (χ1v) is 11.5. The number of nitrogens with zero attached hydrogens (tertiary/aromatic N) is 1. The molecule has 2 aliphatic rings. The number of morpholine rings is 1. The Bertz CT molecular complexity index is 1020. The SMILES string of the molecule is C[C@@H]1CN(S(=O)(=O)c2cccc(C(=O)Nc3ccc4c(c3)CCC4)c2)C[C@@H](C)O1. The van der Waals surface area contributed by atoms with Crippen LogP contribution in [0, 0.1) is 0 Å². The normalized spacial score (nSPS) is 22.3. The van der Waals surface area contributed by atoms with E-state index in [2.05, 4.69) is 11.4 Å². The van der Waals surface area contributed by atoms with Gasteiger partial charge in [-0.25, -0.2) is 8.42 Å². The van der Waals surface area contributed by atoms with Gasteiger partial charge in [0.2, 0.25) is 10.0 Å². The number of nitrogens with one attached hydrogen (secondary N) is 1. The molecule has 7 heteroatoms. The number of hydrogen-bond donors (Lipinski definition) is 1. The minimum atomic E-state index is -3.69. The van der Waals surface area contributed by atoms with Crippen LogP contribution in [0.4, 0.5) is 5.69 Å². The third-order valence-electron chi connectivity index (χ3n) is 5.48. The summed E-state index contributed by atoms with van der Waals surface area (Å²) in [6.45, 7) is 4.33. The van der Waals surface area contributed by atoms with Gasteiger partial charge in [-0.15, -0.1) is 0 Å². The van der Waals surface area contributed by atoms with Gasteiger partial charge in [-0.2, -0.15) is 4.31 Å². The Labute approximate surface area is 171 Å². The van der Waals surface area contributed by atoms with Crippen molar-refractivity contribution in [3.63, 3.8) is 0 Å². The largest absolute Gasteiger partial charge is 0.373 e. The lowest BCUT2D eigenvalue weighted by atomic mass is 10.1. The molecule has 2 aromatic rings. The Kier molecular flexibility index (Phi) is 5.46. The highest BCUT2D eigenvalue weighted by molar-refractivity contribution is 7.89. The average molecular weight is 415 g/mol. The fourth-order valence-corrected chi connectivity index (χ4v) is 5.76. The monoisotopic (exact) mass is 414 g/mol. The Morgan fingerprint density at radius 3 is 2.52 bits per heavy atom. The molecular weight excluding hydrogens is 388 g/mol. The minimum Gasteiger partial charge on any atom is -0.373 e. The zero-order valence-corrected chi connectivity index (χ0v) is 17.5. The van der Waals surface area contributed by atoms with E-state index in [4.69, 9.17) is 4.74 Å². The number of fused-ring (bicyclic) bond motifs is 1. The maximum Gasteiger partial charge on any atom is 0.255 e. The summed E-state index contributed by atoms with van der Waals surface area (Å²) in [5.74, 6) is -0.316. The van der Waals surface area contributed by atoms with Crippen LogP contribution in [-0.4, -0.2) is 43.9 Å². The first kappa shape index (κ1) is 20.1. The molecular formula is C22H26N2O4S. The third kappa shape index (κ3) is 4.22. The number of carbonyl (C=O) groups excluding carboxylic acids is 1. The number of carbonyl (C=O) groups is 1. The van der Waals surface area contributed by atoms with E-state index in [9.17, 15) is 13.2 Å². The van der Waals surface area contributed by atoms with Crippen LogP contribution in [0.3, 0.4) is 0 Å². The van der Waals surface area contributed by atoms with Gasteiger partial charge in [0.05, 0.1) is 17.1 Å². The topological polar surface area (TPSA) is 75.7 Å². The third-order valence-corrected chi connectivity index (χ3v) is 7.30. The molecule has 1 N–H and O–H groups in total. The van der Waals surface area contributed by atoms with E-state index in [0.29, 0.717) is 18.7 Å². The highest BCUT2D eigenvalue weighted by Gasteiger charge is 2.32. The van der Waals surface area contributed by atoms with Crippen molar-refractivity contribution in [3.05, 3.63) is 59.2 Å². The molecule has 29 heavy (non-hydrogen) atoms. The predicted octanol–water partition coefficient (Wildman–Crippen LogP) is 3.23. The van der Waals surface area contributed by atoms with Gasteiger partial charge in [0, 0.05) is 24.3 Å². The Balaban J connectivity index is 1.54. The van der Waals surface area contributed by atoms with E-state index in [1.165, 1.54) is 27.6 Å². The van der Waals surface area contributed by atoms with Crippen molar-refractivity contribution in [1.82, 2.24) is 4.31 Å². The summed E-state index contributed by atoms with van der Waals surface area (Å²) >= 11 is 0. The van der Waals surface area contributed by atoms with Crippen LogP contribution in [0.25, 0.3) is 0 Å². The molecule has 1 saturated heterocycles. The maximum absolute atomic E-state index is 13.1. The molecule has 0 aromatic heterocycles. The van der Waals surface area contributed by atoms with E-state index in [1.54, 1.807) is 12.1 Å². The van der Waals surface area contributed by atoms with Gasteiger partial charge in [-0.3, -0.25) is 4.79 Å². The van der Waals surface area contributed by atoms with E-state index in [1.807, 2.05) is 26.0 Å². The lowest BCUT2D eigenvalue weighted by molar-refractivity contribution is -0.0440. The molecule has 1 aliphatic carbocycles. The van der Waals surface area contributed by atoms with Gasteiger partial charge in [-0.1, -0.05) is 12.1 Å². The second kappa shape index (κ2) is 7.89. The molecule has 1 fully saturated rings. The number of anilines is 1. The van der Waals surface area contributed by atoms with Crippen LogP contribution in [0.15, 0.2) is 47.4 Å². The lowest BCUT2D eigenvalue weighted by Gasteiger charge is -2.34. The summed E-state index contributed by atoms with van der Waals surface area (Å²) in [4.78, 5) is 12.9. The maximum atomic E-state index is 13.1. The molecule has 4 rings (SSSR count). The van der Waals surface area contributed by atoms with E-state index < -0.39 is 10.0 Å². The molecule has 1 amide bonds. The summed E-state index contributed by atoms with van der Waals surface area (Å²) in [5.41, 5.74) is 3.67. The van der Waals surface area contributed by atoms with Crippen molar-refractivity contribution in [3.8, 4) is 0 Å². The number of ether oxygens (including phenoxy) is 1. The van der Waals surface area contributed by atoms with Gasteiger partial charge >= 0.3 is 0 Å². The van der Waals surface area contributed by atoms with Crippen molar-refractivity contribution in [2.24, 2.45) is 0 Å². The standard InChI is InChI=1S/C22H26N2O4S/c1-15-13-24(14-16(2)28-15)29(26,27)21-8-4-7-19(12-21)22(25)23-20-10-9-17-5-3-6-18(17)11-20/h4,7-12,15-16H,3,5-6,13-14H2,1-2H3,(H,23,25)/t15-,16-/m1/s1. The van der Waals surface area contributed by atoms with Crippen LogP contribution in [0.2, 0.25) is 0 Å². The van der Waals surface area contributed by atoms with Crippen molar-refractivity contribution in [2.45, 2.75) is 50.2 Å². The van der Waals surface area contributed by atoms with Crippen molar-refractivity contribution in [2.75, 3.05) is 18.4 Å². The first-order chi connectivity index (χ1) is 13.8. The number of aryl methyl sites for hydroxylation is 2. The second-order valence-corrected chi connectivity index (χ2v) is 9.84. The second-order valence-electron chi connectivity index (χ2n) is 7.90. The van der Waals surface area contributed by atoms with Gasteiger partial charge in [0.15, 0.2) is 0 Å². The van der Waals surface area contributed by atoms with E-state index in [-0.39, 0.29) is 23.0 Å². The predicted molar refractivity (Wildman–Crippen MR) is 112 cm³/mol. The van der Waals surface area contributed by atoms with Crippen molar-refractivity contribution in [1.29, 1.82) is 0 Å². The molecule has 0 saturated carbocycles. The summed E-state index contributed by atoms with van der Waals surface area (Å²) in [6.07, 6.45) is 2.93. The molecule has 154 valence electrons. The molecule has 6 nitrogen and oxygen atoms in total. The van der Waals surface area contributed by atoms with Gasteiger partial charge < -0.3 is 10.1 Å². The zero-order chi connectivity index (χ0) is 20.6. The van der Waals surface area contributed by atoms with Crippen LogP contribution >= 0.6 is 0 Å². The first-order valence-electron chi connectivity index (χ1n) is 10.0. The Morgan fingerprint density at radius 1 is 1.03 bits per heavy atom. The van der Waals surface area contributed by atoms with Crippen molar-refractivity contribution < 1.29 is 17.9 Å². The average Bonchev–Trinajstić information content (AvgIpc) is 3.15. The number of sulfonamides is 1. The number of amides is 1. The highest BCUT2D eigenvalue weighted by atomic mass is 32.2. The zero-order valence-electron chi connectivity index (χ0n) is 16.7. The van der Waals surface area contributed by atoms with Crippen LogP contribution in [0.1, 0.15) is 41.8 Å². The van der Waals surface area contributed by atoms with Crippen molar-refractivity contribution >= 4 is 21.6 Å². The summed E-state index contributed by atoms with van der Waals surface area (Å²) in [6, 6.07) is 12.2. The minimum absolute atomic E-state index is 0.125. The lowest BCUT2D eigenvalue weighted by Crippen LogP contribution is -2.48. The van der Waals surface area contributed by atoms with Gasteiger partial charge in [0.1, 0.15) is 0 Å². The molecule has 0 unspecified atom stereocenters. The molecule has 1 heterocycles. The van der Waals surface area contributed by atoms with Gasteiger partial charge in [-0.05, 0) is 74.6 Å². The molecule has 0 bridgehead atoms. The van der Waals surface area contributed by atoms with Crippen LogP contribution in [0.5, 0.6) is 0 Å². The smallest absolute Gasteiger partial charge is 0.255 e. The number of benzene rings is 2. The summed E-state index contributed by atoms with van der Waals surface area (Å²) in [5, 5.41) is 2.89. The number of rotatable bonds is 4. The van der Waals surface area contributed by atoms with Crippen LogP contribution in [-0.2, 0) is 27.6 Å². The van der Waals surface area contributed by atoms with E-state index >= 15 is 0 Å². The molecule has 1 aliphatic heterocycles. The molecule has 0 radical (unpaired) electrons. The Hall–Kier alpha value is -2.22.